The molecule has 1 aliphatic heterocycles. The fourth-order valence-corrected chi connectivity index (χ4v) is 4.90. The molecule has 0 radical (unpaired) electrons. The first-order valence-corrected chi connectivity index (χ1v) is 11.5. The van der Waals surface area contributed by atoms with Crippen molar-refractivity contribution < 1.29 is 18.9 Å². The first-order chi connectivity index (χ1) is 16.9. The molecule has 2 amide bonds. The Labute approximate surface area is 205 Å². The molecule has 1 aliphatic rings. The minimum Gasteiger partial charge on any atom is -0.467 e. The van der Waals surface area contributed by atoms with E-state index in [-0.39, 0.29) is 35.2 Å². The molecule has 0 aliphatic carbocycles. The predicted molar refractivity (Wildman–Crippen MR) is 130 cm³/mol. The number of carbonyl (C=O) groups excluding carboxylic acids is 2. The third-order valence-corrected chi connectivity index (χ3v) is 6.61. The summed E-state index contributed by atoms with van der Waals surface area (Å²) in [5.41, 5.74) is 1.85. The first-order valence-electron chi connectivity index (χ1n) is 10.6. The molecule has 4 rings (SSSR count). The minimum absolute atomic E-state index is 0.0703. The van der Waals surface area contributed by atoms with Gasteiger partial charge in [0, 0.05) is 17.8 Å². The lowest BCUT2D eigenvalue weighted by atomic mass is 10.1. The summed E-state index contributed by atoms with van der Waals surface area (Å²) in [5, 5.41) is 23.2. The predicted octanol–water partition coefficient (Wildman–Crippen LogP) is 4.24. The Morgan fingerprint density at radius 3 is 2.66 bits per heavy atom. The van der Waals surface area contributed by atoms with Gasteiger partial charge in [-0.2, -0.15) is 5.26 Å². The highest BCUT2D eigenvalue weighted by molar-refractivity contribution is 8.05. The molecule has 0 bridgehead atoms. The number of hydrogen-bond acceptors (Lipinski definition) is 7. The Balaban J connectivity index is 1.68. The highest BCUT2D eigenvalue weighted by atomic mass is 32.2. The van der Waals surface area contributed by atoms with Crippen molar-refractivity contribution in [2.75, 3.05) is 4.90 Å². The van der Waals surface area contributed by atoms with Crippen LogP contribution in [0.3, 0.4) is 0 Å². The van der Waals surface area contributed by atoms with Crippen LogP contribution in [-0.2, 0) is 22.6 Å². The number of nitro benzene ring substituents is 1. The number of rotatable bonds is 7. The second-order valence-corrected chi connectivity index (χ2v) is 8.99. The lowest BCUT2D eigenvalue weighted by Gasteiger charge is -2.19. The number of aryl methyl sites for hydroxylation is 1. The van der Waals surface area contributed by atoms with Gasteiger partial charge in [-0.3, -0.25) is 24.6 Å². The van der Waals surface area contributed by atoms with Gasteiger partial charge in [0.2, 0.25) is 5.91 Å². The Bertz CT molecular complexity index is 1340. The third kappa shape index (κ3) is 5.26. The van der Waals surface area contributed by atoms with Crippen molar-refractivity contribution >= 4 is 35.0 Å². The molecule has 1 aromatic heterocycles. The van der Waals surface area contributed by atoms with E-state index in [9.17, 15) is 25.0 Å². The molecule has 0 spiro atoms. The number of benzene rings is 2. The fraction of sp³-hybridized carbons (Fsp3) is 0.160. The molecule has 9 nitrogen and oxygen atoms in total. The molecule has 1 saturated heterocycles. The summed E-state index contributed by atoms with van der Waals surface area (Å²) in [6.07, 6.45) is 1.68. The molecule has 1 atom stereocenters. The van der Waals surface area contributed by atoms with Crippen LogP contribution in [-0.4, -0.2) is 22.0 Å². The zero-order valence-corrected chi connectivity index (χ0v) is 19.5. The van der Waals surface area contributed by atoms with Crippen LogP contribution in [0.15, 0.2) is 81.9 Å². The van der Waals surface area contributed by atoms with Gasteiger partial charge in [0.15, 0.2) is 0 Å². The van der Waals surface area contributed by atoms with Gasteiger partial charge in [-0.25, -0.2) is 0 Å². The summed E-state index contributed by atoms with van der Waals surface area (Å²) in [7, 11) is 0. The summed E-state index contributed by atoms with van der Waals surface area (Å²) < 4.78 is 5.22. The molecule has 3 aromatic rings. The van der Waals surface area contributed by atoms with E-state index >= 15 is 0 Å². The molecule has 1 fully saturated rings. The van der Waals surface area contributed by atoms with Gasteiger partial charge in [0.1, 0.15) is 22.4 Å². The Morgan fingerprint density at radius 2 is 2.00 bits per heavy atom. The van der Waals surface area contributed by atoms with E-state index in [1.54, 1.807) is 36.4 Å². The molecule has 2 aromatic carbocycles. The topological polar surface area (TPSA) is 129 Å². The van der Waals surface area contributed by atoms with Crippen LogP contribution in [0.5, 0.6) is 0 Å². The van der Waals surface area contributed by atoms with Crippen molar-refractivity contribution in [2.24, 2.45) is 0 Å². The fourth-order valence-electron chi connectivity index (χ4n) is 3.60. The van der Waals surface area contributed by atoms with Gasteiger partial charge in [0.25, 0.3) is 11.6 Å². The zero-order valence-electron chi connectivity index (χ0n) is 18.6. The van der Waals surface area contributed by atoms with Gasteiger partial charge < -0.3 is 9.73 Å². The van der Waals surface area contributed by atoms with Gasteiger partial charge in [0.05, 0.1) is 23.0 Å². The molecule has 1 N–H and O–H groups in total. The van der Waals surface area contributed by atoms with Crippen LogP contribution in [0.1, 0.15) is 16.9 Å². The van der Waals surface area contributed by atoms with Crippen molar-refractivity contribution in [3.63, 3.8) is 0 Å². The molecule has 10 heteroatoms. The third-order valence-electron chi connectivity index (χ3n) is 5.34. The minimum atomic E-state index is -0.672. The number of amides is 2. The van der Waals surface area contributed by atoms with Gasteiger partial charge >= 0.3 is 0 Å². The number of non-ortho nitro benzene ring substituents is 1. The summed E-state index contributed by atoms with van der Waals surface area (Å²) in [6, 6.07) is 18.6. The van der Waals surface area contributed by atoms with Gasteiger partial charge in [-0.15, -0.1) is 0 Å². The van der Waals surface area contributed by atoms with E-state index in [0.717, 1.165) is 17.3 Å². The Morgan fingerprint density at radius 1 is 1.23 bits per heavy atom. The normalized spacial score (nSPS) is 16.6. The number of nitrogens with zero attached hydrogens (tertiary/aromatic N) is 3. The number of nitriles is 1. The lowest BCUT2D eigenvalue weighted by Crippen LogP contribution is -2.32. The van der Waals surface area contributed by atoms with Gasteiger partial charge in [-0.1, -0.05) is 41.6 Å². The SMILES string of the molecule is Cc1ccc(N2C(=O)[C@H](Cc3cccc([N+](=O)[O-])c3)S/C2=C(/C#N)C(=O)NCc2ccco2)cc1. The molecule has 2 heterocycles. The van der Waals surface area contributed by atoms with Gasteiger partial charge in [-0.05, 0) is 43.2 Å². The maximum Gasteiger partial charge on any atom is 0.269 e. The molecular formula is C25H20N4O5S. The summed E-state index contributed by atoms with van der Waals surface area (Å²) in [5.74, 6) is -0.422. The van der Waals surface area contributed by atoms with E-state index in [0.29, 0.717) is 17.0 Å². The largest absolute Gasteiger partial charge is 0.467 e. The maximum atomic E-state index is 13.5. The smallest absolute Gasteiger partial charge is 0.269 e. The first kappa shape index (κ1) is 23.8. The van der Waals surface area contributed by atoms with Crippen LogP contribution in [0.25, 0.3) is 0 Å². The van der Waals surface area contributed by atoms with Crippen molar-refractivity contribution in [1.82, 2.24) is 5.32 Å². The maximum absolute atomic E-state index is 13.5. The molecule has 0 unspecified atom stereocenters. The monoisotopic (exact) mass is 488 g/mol. The van der Waals surface area contributed by atoms with Crippen LogP contribution in [0.2, 0.25) is 0 Å². The number of furan rings is 1. The molecule has 176 valence electrons. The quantitative estimate of drug-likeness (QED) is 0.228. The number of anilines is 1. The number of carbonyl (C=O) groups is 2. The van der Waals surface area contributed by atoms with Crippen molar-refractivity contribution in [3.05, 3.63) is 105 Å². The summed E-state index contributed by atoms with van der Waals surface area (Å²) in [4.78, 5) is 38.4. The van der Waals surface area contributed by atoms with E-state index < -0.39 is 16.1 Å². The lowest BCUT2D eigenvalue weighted by molar-refractivity contribution is -0.384. The van der Waals surface area contributed by atoms with E-state index in [1.165, 1.54) is 23.3 Å². The highest BCUT2D eigenvalue weighted by Gasteiger charge is 2.41. The van der Waals surface area contributed by atoms with E-state index in [4.69, 9.17) is 4.42 Å². The average molecular weight is 489 g/mol. The van der Waals surface area contributed by atoms with Crippen molar-refractivity contribution in [3.8, 4) is 6.07 Å². The average Bonchev–Trinajstić information content (AvgIpc) is 3.48. The van der Waals surface area contributed by atoms with Crippen LogP contribution >= 0.6 is 11.8 Å². The summed E-state index contributed by atoms with van der Waals surface area (Å²) in [6.45, 7) is 2.00. The van der Waals surface area contributed by atoms with Crippen LogP contribution < -0.4 is 10.2 Å². The van der Waals surface area contributed by atoms with Crippen molar-refractivity contribution in [2.45, 2.75) is 25.1 Å². The second kappa shape index (κ2) is 10.3. The number of nitro groups is 1. The molecular weight excluding hydrogens is 468 g/mol. The number of nitrogens with one attached hydrogen (secondary N) is 1. The highest BCUT2D eigenvalue weighted by Crippen LogP contribution is 2.42. The van der Waals surface area contributed by atoms with Crippen molar-refractivity contribution in [1.29, 1.82) is 5.26 Å². The van der Waals surface area contributed by atoms with E-state index in [2.05, 4.69) is 5.32 Å². The summed E-state index contributed by atoms with van der Waals surface area (Å²) >= 11 is 1.10. The Kier molecular flexibility index (Phi) is 6.98. The van der Waals surface area contributed by atoms with Crippen LogP contribution in [0.4, 0.5) is 11.4 Å². The molecule has 35 heavy (non-hydrogen) atoms. The Hall–Kier alpha value is -4.36. The van der Waals surface area contributed by atoms with E-state index in [1.807, 2.05) is 25.1 Å². The number of thioether (sulfide) groups is 1. The standard InChI is InChI=1S/C25H20N4O5S/c1-16-7-9-18(10-8-16)28-24(31)22(13-17-4-2-5-19(12-17)29(32)33)35-25(28)21(14-26)23(30)27-15-20-6-3-11-34-20/h2-12,22H,13,15H2,1H3,(H,27,30)/b25-21-/t22-/m0/s1. The second-order valence-electron chi connectivity index (χ2n) is 7.80. The molecule has 0 saturated carbocycles. The zero-order chi connectivity index (χ0) is 24.9. The number of hydrogen-bond donors (Lipinski definition) is 1. The van der Waals surface area contributed by atoms with Crippen LogP contribution in [0, 0.1) is 28.4 Å².